The molecule has 4 nitrogen and oxygen atoms in total. The first kappa shape index (κ1) is 16.9. The summed E-state index contributed by atoms with van der Waals surface area (Å²) in [6, 6.07) is 6.13. The molecule has 1 aromatic rings. The van der Waals surface area contributed by atoms with Crippen LogP contribution < -0.4 is 19.3 Å². The highest BCUT2D eigenvalue weighted by Gasteiger charge is 2.38. The Bertz CT molecular complexity index is 622. The van der Waals surface area contributed by atoms with E-state index in [4.69, 9.17) is 9.47 Å². The summed E-state index contributed by atoms with van der Waals surface area (Å²) in [5.41, 5.74) is 1.26. The van der Waals surface area contributed by atoms with E-state index in [0.717, 1.165) is 35.8 Å². The van der Waals surface area contributed by atoms with Gasteiger partial charge in [0.2, 0.25) is 0 Å². The molecule has 2 aliphatic carbocycles. The number of hydrogen-bond donors (Lipinski definition) is 2. The van der Waals surface area contributed by atoms with Gasteiger partial charge in [-0.15, -0.1) is 0 Å². The lowest BCUT2D eigenvalue weighted by molar-refractivity contribution is -1.02. The van der Waals surface area contributed by atoms with Crippen molar-refractivity contribution in [1.82, 2.24) is 0 Å². The lowest BCUT2D eigenvalue weighted by Crippen LogP contribution is -3.27. The Morgan fingerprint density at radius 2 is 1.76 bits per heavy atom. The van der Waals surface area contributed by atoms with E-state index in [-0.39, 0.29) is 0 Å². The fourth-order valence-electron chi connectivity index (χ4n) is 5.13. The van der Waals surface area contributed by atoms with Crippen molar-refractivity contribution in [1.29, 1.82) is 0 Å². The summed E-state index contributed by atoms with van der Waals surface area (Å²) in [4.78, 5) is 3.50. The van der Waals surface area contributed by atoms with E-state index < -0.39 is 0 Å². The molecule has 2 bridgehead atoms. The molecule has 3 atom stereocenters. The predicted molar refractivity (Wildman–Crippen MR) is 98.4 cm³/mol. The highest BCUT2D eigenvalue weighted by Crippen LogP contribution is 2.42. The van der Waals surface area contributed by atoms with Gasteiger partial charge in [0.1, 0.15) is 44.2 Å². The number of methoxy groups -OCH3 is 2. The fourth-order valence-corrected chi connectivity index (χ4v) is 5.13. The van der Waals surface area contributed by atoms with Gasteiger partial charge in [0.05, 0.1) is 26.3 Å². The summed E-state index contributed by atoms with van der Waals surface area (Å²) >= 11 is 0. The number of nitrogens with one attached hydrogen (secondary N) is 2. The van der Waals surface area contributed by atoms with Gasteiger partial charge in [-0.1, -0.05) is 12.2 Å². The highest BCUT2D eigenvalue weighted by molar-refractivity contribution is 5.39. The maximum Gasteiger partial charge on any atom is 0.127 e. The van der Waals surface area contributed by atoms with Crippen LogP contribution in [0, 0.1) is 17.8 Å². The van der Waals surface area contributed by atoms with Crippen LogP contribution in [0.4, 0.5) is 0 Å². The third kappa shape index (κ3) is 3.70. The highest BCUT2D eigenvalue weighted by atomic mass is 16.5. The van der Waals surface area contributed by atoms with Gasteiger partial charge in [0.25, 0.3) is 0 Å². The number of allylic oxidation sites excluding steroid dienone is 2. The van der Waals surface area contributed by atoms with E-state index in [1.807, 2.05) is 17.0 Å². The normalized spacial score (nSPS) is 33.6. The Morgan fingerprint density at radius 1 is 0.960 bits per heavy atom. The topological polar surface area (TPSA) is 27.3 Å². The molecule has 1 aromatic carbocycles. The fraction of sp³-hybridized carbons (Fsp3) is 0.619. The zero-order chi connectivity index (χ0) is 17.2. The Morgan fingerprint density at radius 3 is 2.40 bits per heavy atom. The van der Waals surface area contributed by atoms with Crippen molar-refractivity contribution in [2.45, 2.75) is 19.4 Å². The van der Waals surface area contributed by atoms with E-state index in [2.05, 4.69) is 18.2 Å². The molecule has 0 aromatic heterocycles. The predicted octanol–water partition coefficient (Wildman–Crippen LogP) is 0.199. The van der Waals surface area contributed by atoms with Gasteiger partial charge in [0, 0.05) is 5.92 Å². The average Bonchev–Trinajstić information content (AvgIpc) is 3.26. The molecule has 2 fully saturated rings. The largest absolute Gasteiger partial charge is 0.497 e. The Labute approximate surface area is 151 Å². The lowest BCUT2D eigenvalue weighted by Gasteiger charge is -2.32. The van der Waals surface area contributed by atoms with Crippen LogP contribution in [0.25, 0.3) is 0 Å². The molecule has 0 radical (unpaired) electrons. The molecule has 136 valence electrons. The number of quaternary nitrogens is 2. The van der Waals surface area contributed by atoms with Crippen molar-refractivity contribution >= 4 is 0 Å². The van der Waals surface area contributed by atoms with E-state index in [9.17, 15) is 0 Å². The van der Waals surface area contributed by atoms with Crippen molar-refractivity contribution in [3.05, 3.63) is 35.9 Å². The summed E-state index contributed by atoms with van der Waals surface area (Å²) < 4.78 is 10.9. The van der Waals surface area contributed by atoms with Gasteiger partial charge in [0.15, 0.2) is 0 Å². The van der Waals surface area contributed by atoms with Crippen LogP contribution in [0.1, 0.15) is 18.4 Å². The summed E-state index contributed by atoms with van der Waals surface area (Å²) in [6.45, 7) is 7.54. The number of ether oxygens (including phenoxy) is 2. The Hall–Kier alpha value is -1.52. The molecule has 1 heterocycles. The monoisotopic (exact) mass is 344 g/mol. The van der Waals surface area contributed by atoms with Crippen molar-refractivity contribution in [3.8, 4) is 11.5 Å². The summed E-state index contributed by atoms with van der Waals surface area (Å²) in [5, 5.41) is 0. The van der Waals surface area contributed by atoms with Crippen LogP contribution >= 0.6 is 0 Å². The molecule has 1 aliphatic heterocycles. The summed E-state index contributed by atoms with van der Waals surface area (Å²) in [5.74, 6) is 4.65. The molecule has 2 N–H and O–H groups in total. The molecular formula is C21H32N2O2+2. The maximum absolute atomic E-state index is 5.54. The standard InChI is InChI=1S/C21H30N2O2/c1-24-20-5-6-21(25-2)19(13-20)15-23-9-7-22(8-10-23)14-18-12-16-3-4-17(18)11-16/h3-6,13,16-18H,7-12,14-15H2,1-2H3/p+2. The van der Waals surface area contributed by atoms with Crippen LogP contribution in [-0.2, 0) is 6.54 Å². The van der Waals surface area contributed by atoms with E-state index >= 15 is 0 Å². The molecule has 25 heavy (non-hydrogen) atoms. The van der Waals surface area contributed by atoms with Crippen LogP contribution in [0.2, 0.25) is 0 Å². The van der Waals surface area contributed by atoms with Crippen molar-refractivity contribution in [2.24, 2.45) is 17.8 Å². The third-order valence-electron chi connectivity index (χ3n) is 6.56. The van der Waals surface area contributed by atoms with E-state index in [0.29, 0.717) is 0 Å². The second-order valence-electron chi connectivity index (χ2n) is 8.10. The average molecular weight is 344 g/mol. The van der Waals surface area contributed by atoms with Crippen molar-refractivity contribution < 1.29 is 19.3 Å². The van der Waals surface area contributed by atoms with Crippen LogP contribution in [0.15, 0.2) is 30.4 Å². The number of rotatable bonds is 6. The smallest absolute Gasteiger partial charge is 0.127 e. The van der Waals surface area contributed by atoms with Crippen molar-refractivity contribution in [2.75, 3.05) is 46.9 Å². The summed E-state index contributed by atoms with van der Waals surface area (Å²) in [7, 11) is 3.48. The minimum Gasteiger partial charge on any atom is -0.497 e. The molecule has 1 saturated heterocycles. The van der Waals surface area contributed by atoms with Gasteiger partial charge in [-0.2, -0.15) is 0 Å². The van der Waals surface area contributed by atoms with Gasteiger partial charge >= 0.3 is 0 Å². The minimum absolute atomic E-state index is 0.893. The quantitative estimate of drug-likeness (QED) is 0.722. The number of hydrogen-bond acceptors (Lipinski definition) is 2. The molecule has 3 aliphatic rings. The molecule has 0 spiro atoms. The zero-order valence-corrected chi connectivity index (χ0v) is 15.6. The second-order valence-corrected chi connectivity index (χ2v) is 8.10. The first-order valence-electron chi connectivity index (χ1n) is 9.81. The zero-order valence-electron chi connectivity index (χ0n) is 15.6. The Kier molecular flexibility index (Phi) is 5.00. The minimum atomic E-state index is 0.893. The van der Waals surface area contributed by atoms with Crippen molar-refractivity contribution in [3.63, 3.8) is 0 Å². The van der Waals surface area contributed by atoms with Crippen LogP contribution in [-0.4, -0.2) is 46.9 Å². The molecule has 4 rings (SSSR count). The molecule has 3 unspecified atom stereocenters. The van der Waals surface area contributed by atoms with Gasteiger partial charge in [-0.25, -0.2) is 0 Å². The number of fused-ring (bicyclic) bond motifs is 2. The number of piperazine rings is 1. The van der Waals surface area contributed by atoms with Crippen LogP contribution in [0.5, 0.6) is 11.5 Å². The SMILES string of the molecule is COc1ccc(OC)c(C[NH+]2CC[NH+](CC3CC4C=CC3C4)CC2)c1. The first-order valence-corrected chi connectivity index (χ1v) is 9.81. The van der Waals surface area contributed by atoms with Gasteiger partial charge < -0.3 is 19.3 Å². The first-order chi connectivity index (χ1) is 12.2. The molecule has 4 heteroatoms. The molecular weight excluding hydrogens is 312 g/mol. The Balaban J connectivity index is 1.29. The maximum atomic E-state index is 5.54. The van der Waals surface area contributed by atoms with E-state index in [1.165, 1.54) is 51.1 Å². The summed E-state index contributed by atoms with van der Waals surface area (Å²) in [6.07, 6.45) is 7.84. The second kappa shape index (κ2) is 7.38. The van der Waals surface area contributed by atoms with Gasteiger partial charge in [-0.3, -0.25) is 0 Å². The van der Waals surface area contributed by atoms with Gasteiger partial charge in [-0.05, 0) is 42.9 Å². The lowest BCUT2D eigenvalue weighted by atomic mass is 9.93. The molecule has 1 saturated carbocycles. The third-order valence-corrected chi connectivity index (χ3v) is 6.56. The van der Waals surface area contributed by atoms with Crippen LogP contribution in [0.3, 0.4) is 0 Å². The number of benzene rings is 1. The molecule has 0 amide bonds. The van der Waals surface area contributed by atoms with E-state index in [1.54, 1.807) is 19.1 Å².